The standard InChI is InChI=1S/C14H16ClN3/c1-14(8-10-3-2-4-11(15)7-10)13-12(5-6-18-14)16-9-17-13/h2-4,7,9,18H,5-6,8H2,1H3,(H,16,17). The highest BCUT2D eigenvalue weighted by atomic mass is 35.5. The summed E-state index contributed by atoms with van der Waals surface area (Å²) >= 11 is 6.04. The fourth-order valence-electron chi connectivity index (χ4n) is 2.74. The number of fused-ring (bicyclic) bond motifs is 1. The number of halogens is 1. The monoisotopic (exact) mass is 261 g/mol. The Morgan fingerprint density at radius 1 is 1.44 bits per heavy atom. The van der Waals surface area contributed by atoms with E-state index in [1.54, 1.807) is 6.33 Å². The van der Waals surface area contributed by atoms with Gasteiger partial charge >= 0.3 is 0 Å². The Bertz CT molecular complexity index is 564. The number of rotatable bonds is 2. The van der Waals surface area contributed by atoms with Crippen LogP contribution in [0.4, 0.5) is 0 Å². The van der Waals surface area contributed by atoms with E-state index >= 15 is 0 Å². The van der Waals surface area contributed by atoms with Crippen LogP contribution in [-0.4, -0.2) is 16.5 Å². The Balaban J connectivity index is 1.93. The molecule has 0 aliphatic carbocycles. The molecule has 0 spiro atoms. The highest BCUT2D eigenvalue weighted by molar-refractivity contribution is 6.30. The van der Waals surface area contributed by atoms with Crippen molar-refractivity contribution in [1.29, 1.82) is 0 Å². The third-order valence-corrected chi connectivity index (χ3v) is 3.81. The fraction of sp³-hybridized carbons (Fsp3) is 0.357. The molecule has 0 fully saturated rings. The lowest BCUT2D eigenvalue weighted by Crippen LogP contribution is -2.46. The maximum atomic E-state index is 6.04. The number of imidazole rings is 1. The van der Waals surface area contributed by atoms with E-state index in [9.17, 15) is 0 Å². The third kappa shape index (κ3) is 2.04. The van der Waals surface area contributed by atoms with Gasteiger partial charge in [0.1, 0.15) is 0 Å². The first-order valence-corrected chi connectivity index (χ1v) is 6.57. The van der Waals surface area contributed by atoms with Crippen LogP contribution in [0.5, 0.6) is 0 Å². The summed E-state index contributed by atoms with van der Waals surface area (Å²) < 4.78 is 0. The van der Waals surface area contributed by atoms with Crippen LogP contribution in [-0.2, 0) is 18.4 Å². The average molecular weight is 262 g/mol. The van der Waals surface area contributed by atoms with Crippen molar-refractivity contribution >= 4 is 11.6 Å². The summed E-state index contributed by atoms with van der Waals surface area (Å²) in [5, 5.41) is 4.37. The van der Waals surface area contributed by atoms with Crippen molar-refractivity contribution in [2.24, 2.45) is 0 Å². The van der Waals surface area contributed by atoms with E-state index in [2.05, 4.69) is 28.3 Å². The number of nitrogens with zero attached hydrogens (tertiary/aromatic N) is 1. The molecule has 1 aliphatic heterocycles. The fourth-order valence-corrected chi connectivity index (χ4v) is 2.95. The van der Waals surface area contributed by atoms with Crippen LogP contribution in [0.3, 0.4) is 0 Å². The van der Waals surface area contributed by atoms with E-state index in [0.717, 1.165) is 30.1 Å². The lowest BCUT2D eigenvalue weighted by atomic mass is 9.85. The normalized spacial score (nSPS) is 22.8. The van der Waals surface area contributed by atoms with Crippen molar-refractivity contribution in [2.75, 3.05) is 6.54 Å². The van der Waals surface area contributed by atoms with Gasteiger partial charge < -0.3 is 10.3 Å². The van der Waals surface area contributed by atoms with Gasteiger partial charge in [-0.1, -0.05) is 23.7 Å². The summed E-state index contributed by atoms with van der Waals surface area (Å²) in [4.78, 5) is 7.71. The maximum absolute atomic E-state index is 6.04. The molecule has 3 nitrogen and oxygen atoms in total. The van der Waals surface area contributed by atoms with Gasteiger partial charge in [-0.05, 0) is 31.0 Å². The van der Waals surface area contributed by atoms with Gasteiger partial charge in [0, 0.05) is 23.7 Å². The first-order valence-electron chi connectivity index (χ1n) is 6.20. The number of aromatic amines is 1. The maximum Gasteiger partial charge on any atom is 0.0926 e. The first kappa shape index (κ1) is 11.8. The second-order valence-electron chi connectivity index (χ2n) is 5.05. The van der Waals surface area contributed by atoms with Crippen molar-refractivity contribution in [3.8, 4) is 0 Å². The molecule has 0 saturated heterocycles. The molecule has 1 aromatic carbocycles. The molecule has 94 valence electrons. The summed E-state index contributed by atoms with van der Waals surface area (Å²) in [6, 6.07) is 8.03. The van der Waals surface area contributed by atoms with E-state index in [1.165, 1.54) is 11.3 Å². The van der Waals surface area contributed by atoms with Crippen molar-refractivity contribution < 1.29 is 0 Å². The Hall–Kier alpha value is -1.32. The second kappa shape index (κ2) is 4.41. The molecule has 0 amide bonds. The van der Waals surface area contributed by atoms with Crippen LogP contribution >= 0.6 is 11.6 Å². The number of benzene rings is 1. The highest BCUT2D eigenvalue weighted by Crippen LogP contribution is 2.29. The van der Waals surface area contributed by atoms with Crippen LogP contribution in [0.25, 0.3) is 0 Å². The molecule has 1 aromatic heterocycles. The quantitative estimate of drug-likeness (QED) is 0.873. The zero-order valence-corrected chi connectivity index (χ0v) is 11.1. The predicted octanol–water partition coefficient (Wildman–Crippen LogP) is 2.67. The van der Waals surface area contributed by atoms with E-state index in [4.69, 9.17) is 11.6 Å². The summed E-state index contributed by atoms with van der Waals surface area (Å²) in [5.74, 6) is 0. The van der Waals surface area contributed by atoms with Crippen LogP contribution < -0.4 is 5.32 Å². The molecule has 0 radical (unpaired) electrons. The van der Waals surface area contributed by atoms with Crippen molar-refractivity contribution in [3.05, 3.63) is 52.6 Å². The summed E-state index contributed by atoms with van der Waals surface area (Å²) in [5.41, 5.74) is 3.50. The summed E-state index contributed by atoms with van der Waals surface area (Å²) in [6.45, 7) is 3.18. The lowest BCUT2D eigenvalue weighted by Gasteiger charge is -2.34. The molecular formula is C14H16ClN3. The molecule has 3 rings (SSSR count). The topological polar surface area (TPSA) is 40.7 Å². The smallest absolute Gasteiger partial charge is 0.0926 e. The second-order valence-corrected chi connectivity index (χ2v) is 5.48. The minimum atomic E-state index is -0.113. The number of hydrogen-bond acceptors (Lipinski definition) is 2. The molecular weight excluding hydrogens is 246 g/mol. The van der Waals surface area contributed by atoms with Gasteiger partial charge in [-0.15, -0.1) is 0 Å². The van der Waals surface area contributed by atoms with Gasteiger partial charge in [0.2, 0.25) is 0 Å². The molecule has 0 bridgehead atoms. The van der Waals surface area contributed by atoms with Crippen molar-refractivity contribution in [2.45, 2.75) is 25.3 Å². The number of H-pyrrole nitrogens is 1. The van der Waals surface area contributed by atoms with Crippen molar-refractivity contribution in [3.63, 3.8) is 0 Å². The van der Waals surface area contributed by atoms with Gasteiger partial charge in [-0.25, -0.2) is 4.98 Å². The van der Waals surface area contributed by atoms with Gasteiger partial charge in [0.05, 0.1) is 17.6 Å². The van der Waals surface area contributed by atoms with Crippen LogP contribution in [0.2, 0.25) is 5.02 Å². The van der Waals surface area contributed by atoms with E-state index in [1.807, 2.05) is 18.2 Å². The zero-order valence-electron chi connectivity index (χ0n) is 10.3. The lowest BCUT2D eigenvalue weighted by molar-refractivity contribution is 0.335. The third-order valence-electron chi connectivity index (χ3n) is 3.58. The largest absolute Gasteiger partial charge is 0.348 e. The van der Waals surface area contributed by atoms with E-state index < -0.39 is 0 Å². The van der Waals surface area contributed by atoms with Gasteiger partial charge in [0.15, 0.2) is 0 Å². The van der Waals surface area contributed by atoms with E-state index in [0.29, 0.717) is 0 Å². The molecule has 2 aromatic rings. The summed E-state index contributed by atoms with van der Waals surface area (Å²) in [7, 11) is 0. The van der Waals surface area contributed by atoms with Gasteiger partial charge in [-0.2, -0.15) is 0 Å². The molecule has 2 heterocycles. The zero-order chi connectivity index (χ0) is 12.6. The first-order chi connectivity index (χ1) is 8.67. The van der Waals surface area contributed by atoms with Crippen molar-refractivity contribution in [1.82, 2.24) is 15.3 Å². The Kier molecular flexibility index (Phi) is 2.88. The average Bonchev–Trinajstić information content (AvgIpc) is 2.78. The van der Waals surface area contributed by atoms with Gasteiger partial charge in [-0.3, -0.25) is 0 Å². The molecule has 0 saturated carbocycles. The summed E-state index contributed by atoms with van der Waals surface area (Å²) in [6.07, 6.45) is 3.69. The molecule has 1 atom stereocenters. The SMILES string of the molecule is CC1(Cc2cccc(Cl)c2)NCCc2[nH]cnc21. The Labute approximate surface area is 112 Å². The minimum Gasteiger partial charge on any atom is -0.348 e. The molecule has 2 N–H and O–H groups in total. The van der Waals surface area contributed by atoms with Crippen LogP contribution in [0, 0.1) is 0 Å². The molecule has 18 heavy (non-hydrogen) atoms. The Morgan fingerprint density at radius 3 is 3.17 bits per heavy atom. The molecule has 4 heteroatoms. The number of nitrogens with one attached hydrogen (secondary N) is 2. The van der Waals surface area contributed by atoms with Gasteiger partial charge in [0.25, 0.3) is 0 Å². The molecule has 1 unspecified atom stereocenters. The molecule has 1 aliphatic rings. The highest BCUT2D eigenvalue weighted by Gasteiger charge is 2.34. The number of aromatic nitrogens is 2. The van der Waals surface area contributed by atoms with Crippen LogP contribution in [0.15, 0.2) is 30.6 Å². The van der Waals surface area contributed by atoms with E-state index in [-0.39, 0.29) is 5.54 Å². The number of hydrogen-bond donors (Lipinski definition) is 2. The predicted molar refractivity (Wildman–Crippen MR) is 72.8 cm³/mol. The van der Waals surface area contributed by atoms with Crippen LogP contribution in [0.1, 0.15) is 23.9 Å². The minimum absolute atomic E-state index is 0.113. The Morgan fingerprint density at radius 2 is 2.33 bits per heavy atom.